The van der Waals surface area contributed by atoms with E-state index in [4.69, 9.17) is 4.74 Å². The van der Waals surface area contributed by atoms with Gasteiger partial charge in [0.15, 0.2) is 23.2 Å². The molecule has 1 aromatic carbocycles. The van der Waals surface area contributed by atoms with Crippen LogP contribution in [0.5, 0.6) is 0 Å². The highest BCUT2D eigenvalue weighted by atomic mass is 32.2. The molecule has 1 saturated carbocycles. The molecule has 0 amide bonds. The van der Waals surface area contributed by atoms with Crippen LogP contribution in [0, 0.1) is 5.82 Å². The van der Waals surface area contributed by atoms with Crippen LogP contribution in [0.2, 0.25) is 0 Å². The van der Waals surface area contributed by atoms with Gasteiger partial charge in [0.05, 0.1) is 24.6 Å². The number of hydrogen-bond donors (Lipinski definition) is 4. The highest BCUT2D eigenvalue weighted by molar-refractivity contribution is 7.99. The minimum Gasteiger partial charge on any atom is -0.391 e. The topological polar surface area (TPSA) is 126 Å². The molecule has 2 fully saturated rings. The zero-order valence-corrected chi connectivity index (χ0v) is 17.9. The second kappa shape index (κ2) is 8.91. The first-order valence-electron chi connectivity index (χ1n) is 10.5. The zero-order chi connectivity index (χ0) is 22.2. The Balaban J connectivity index is 1.34. The summed E-state index contributed by atoms with van der Waals surface area (Å²) in [5.41, 5.74) is 0.926. The third-order valence-electron chi connectivity index (χ3n) is 6.01. The van der Waals surface area contributed by atoms with E-state index >= 15 is 0 Å². The number of aliphatic hydroxyl groups is 3. The van der Waals surface area contributed by atoms with Crippen molar-refractivity contribution in [3.8, 4) is 0 Å². The molecule has 9 nitrogen and oxygen atoms in total. The minimum atomic E-state index is -1.21. The molecule has 32 heavy (non-hydrogen) atoms. The summed E-state index contributed by atoms with van der Waals surface area (Å²) in [6.45, 7) is 0. The van der Waals surface area contributed by atoms with Crippen molar-refractivity contribution in [2.24, 2.45) is 0 Å². The number of fused-ring (bicyclic) bond motifs is 1. The van der Waals surface area contributed by atoms with Gasteiger partial charge in [0.2, 0.25) is 0 Å². The van der Waals surface area contributed by atoms with E-state index < -0.39 is 30.6 Å². The van der Waals surface area contributed by atoms with Gasteiger partial charge in [0.25, 0.3) is 0 Å². The Kier molecular flexibility index (Phi) is 5.99. The van der Waals surface area contributed by atoms with Gasteiger partial charge in [-0.2, -0.15) is 0 Å². The molecule has 4 N–H and O–H groups in total. The number of nitrogens with zero attached hydrogens (tertiary/aromatic N) is 4. The summed E-state index contributed by atoms with van der Waals surface area (Å²) in [4.78, 5) is 13.4. The lowest BCUT2D eigenvalue weighted by atomic mass is 10.1. The van der Waals surface area contributed by atoms with Crippen molar-refractivity contribution < 1.29 is 24.4 Å². The Labute approximate surface area is 187 Å². The molecule has 0 bridgehead atoms. The third kappa shape index (κ3) is 3.95. The van der Waals surface area contributed by atoms with Crippen LogP contribution in [0.4, 0.5) is 10.2 Å². The molecule has 5 rings (SSSR count). The van der Waals surface area contributed by atoms with Crippen molar-refractivity contribution in [2.45, 2.75) is 60.8 Å². The van der Waals surface area contributed by atoms with E-state index in [9.17, 15) is 19.7 Å². The lowest BCUT2D eigenvalue weighted by molar-refractivity contribution is -0.0289. The van der Waals surface area contributed by atoms with E-state index in [1.807, 2.05) is 0 Å². The van der Waals surface area contributed by atoms with Crippen LogP contribution in [0.3, 0.4) is 0 Å². The molecular weight excluding hydrogens is 437 g/mol. The Morgan fingerprint density at radius 2 is 1.97 bits per heavy atom. The van der Waals surface area contributed by atoms with E-state index in [1.54, 1.807) is 22.8 Å². The van der Waals surface area contributed by atoms with Gasteiger partial charge >= 0.3 is 0 Å². The molecule has 11 heteroatoms. The lowest BCUT2D eigenvalue weighted by Crippen LogP contribution is -2.32. The number of thioether (sulfide) groups is 1. The van der Waals surface area contributed by atoms with Gasteiger partial charge in [0.1, 0.15) is 24.4 Å². The van der Waals surface area contributed by atoms with E-state index in [1.165, 1.54) is 30.5 Å². The fourth-order valence-electron chi connectivity index (χ4n) is 4.26. The molecule has 170 valence electrons. The Bertz CT molecular complexity index is 1100. The second-order valence-corrected chi connectivity index (χ2v) is 9.14. The molecule has 2 aliphatic rings. The van der Waals surface area contributed by atoms with E-state index in [2.05, 4.69) is 20.3 Å². The van der Waals surface area contributed by atoms with Crippen LogP contribution in [0.15, 0.2) is 41.8 Å². The molecule has 2 unspecified atom stereocenters. The molecule has 1 aliphatic heterocycles. The predicted molar refractivity (Wildman–Crippen MR) is 116 cm³/mol. The first kappa shape index (κ1) is 21.5. The van der Waals surface area contributed by atoms with Gasteiger partial charge in [-0.05, 0) is 31.4 Å². The second-order valence-electron chi connectivity index (χ2n) is 8.08. The van der Waals surface area contributed by atoms with Crippen LogP contribution in [0.1, 0.15) is 25.5 Å². The van der Waals surface area contributed by atoms with Gasteiger partial charge in [-0.3, -0.25) is 4.57 Å². The van der Waals surface area contributed by atoms with Gasteiger partial charge in [-0.1, -0.05) is 12.1 Å². The molecule has 3 heterocycles. The SMILES string of the molecule is OC1CCCC1Nc1ncnc2c1ncn2[C@H]1O[C@@H](CSc2ccccc2F)[C@H](O)[C@@H]1O. The number of nitrogens with one attached hydrogen (secondary N) is 1. The summed E-state index contributed by atoms with van der Waals surface area (Å²) in [6, 6.07) is 6.28. The molecule has 0 radical (unpaired) electrons. The van der Waals surface area contributed by atoms with Crippen LogP contribution >= 0.6 is 11.8 Å². The standard InChI is InChI=1S/C21H24FN5O4S/c22-11-4-1-2-7-15(11)32-8-14-17(29)18(30)21(31-14)27-10-25-16-19(23-9-24-20(16)27)26-12-5-3-6-13(12)28/h1-2,4,7,9-10,12-14,17-18,21,28-30H,3,5-6,8H2,(H,23,24,26)/t12?,13?,14-,17-,18-,21-/m0/s1. The number of anilines is 1. The summed E-state index contributed by atoms with van der Waals surface area (Å²) in [6.07, 6.45) is 0.990. The third-order valence-corrected chi connectivity index (χ3v) is 7.15. The molecule has 0 spiro atoms. The molecule has 2 aromatic heterocycles. The highest BCUT2D eigenvalue weighted by Crippen LogP contribution is 2.35. The van der Waals surface area contributed by atoms with E-state index in [-0.39, 0.29) is 17.6 Å². The summed E-state index contributed by atoms with van der Waals surface area (Å²) >= 11 is 1.22. The largest absolute Gasteiger partial charge is 0.391 e. The smallest absolute Gasteiger partial charge is 0.167 e. The molecule has 1 saturated heterocycles. The summed E-state index contributed by atoms with van der Waals surface area (Å²) < 4.78 is 21.4. The maximum atomic E-state index is 13.9. The number of ether oxygens (including phenoxy) is 1. The number of aromatic nitrogens is 4. The fourth-order valence-corrected chi connectivity index (χ4v) is 5.26. The van der Waals surface area contributed by atoms with Crippen LogP contribution in [-0.2, 0) is 4.74 Å². The number of halogens is 1. The molecular formula is C21H24FN5O4S. The number of hydrogen-bond acceptors (Lipinski definition) is 9. The van der Waals surface area contributed by atoms with Gasteiger partial charge in [-0.25, -0.2) is 19.3 Å². The number of rotatable bonds is 6. The van der Waals surface area contributed by atoms with E-state index in [0.717, 1.165) is 19.3 Å². The van der Waals surface area contributed by atoms with Gasteiger partial charge in [0, 0.05) is 10.6 Å². The summed E-state index contributed by atoms with van der Waals surface area (Å²) in [5, 5.41) is 34.5. The normalized spacial score (nSPS) is 30.2. The quantitative estimate of drug-likeness (QED) is 0.406. The average Bonchev–Trinajstić information content (AvgIpc) is 3.47. The average molecular weight is 462 g/mol. The summed E-state index contributed by atoms with van der Waals surface area (Å²) in [5.74, 6) is 0.426. The maximum Gasteiger partial charge on any atom is 0.167 e. The lowest BCUT2D eigenvalue weighted by Gasteiger charge is -2.18. The first-order chi connectivity index (χ1) is 15.5. The summed E-state index contributed by atoms with van der Waals surface area (Å²) in [7, 11) is 0. The maximum absolute atomic E-state index is 13.9. The van der Waals surface area contributed by atoms with Crippen molar-refractivity contribution in [2.75, 3.05) is 11.1 Å². The number of benzene rings is 1. The van der Waals surface area contributed by atoms with Crippen molar-refractivity contribution in [3.05, 3.63) is 42.7 Å². The van der Waals surface area contributed by atoms with Crippen molar-refractivity contribution >= 4 is 28.7 Å². The number of aliphatic hydroxyl groups excluding tert-OH is 3. The van der Waals surface area contributed by atoms with Crippen molar-refractivity contribution in [1.82, 2.24) is 19.5 Å². The Morgan fingerprint density at radius 3 is 2.75 bits per heavy atom. The molecule has 3 aromatic rings. The van der Waals surface area contributed by atoms with Gasteiger partial charge in [-0.15, -0.1) is 11.8 Å². The van der Waals surface area contributed by atoms with Crippen LogP contribution in [0.25, 0.3) is 11.2 Å². The Morgan fingerprint density at radius 1 is 1.12 bits per heavy atom. The van der Waals surface area contributed by atoms with Crippen LogP contribution in [-0.4, -0.2) is 71.0 Å². The highest BCUT2D eigenvalue weighted by Gasteiger charge is 2.44. The van der Waals surface area contributed by atoms with Crippen LogP contribution < -0.4 is 5.32 Å². The predicted octanol–water partition coefficient (Wildman–Crippen LogP) is 1.70. The fraction of sp³-hybridized carbons (Fsp3) is 0.476. The zero-order valence-electron chi connectivity index (χ0n) is 17.1. The molecule has 1 aliphatic carbocycles. The Hall–Kier alpha value is -2.31. The van der Waals surface area contributed by atoms with Gasteiger partial charge < -0.3 is 25.4 Å². The first-order valence-corrected chi connectivity index (χ1v) is 11.5. The molecule has 6 atom stereocenters. The monoisotopic (exact) mass is 461 g/mol. The van der Waals surface area contributed by atoms with Crippen molar-refractivity contribution in [1.29, 1.82) is 0 Å². The minimum absolute atomic E-state index is 0.104. The number of imidazole rings is 1. The van der Waals surface area contributed by atoms with E-state index in [0.29, 0.717) is 21.9 Å². The van der Waals surface area contributed by atoms with Crippen molar-refractivity contribution in [3.63, 3.8) is 0 Å².